The maximum atomic E-state index is 10.6. The molecule has 1 aliphatic heterocycles. The van der Waals surface area contributed by atoms with Gasteiger partial charge in [-0.15, -0.1) is 0 Å². The lowest BCUT2D eigenvalue weighted by molar-refractivity contribution is 0.188. The fourth-order valence-corrected chi connectivity index (χ4v) is 2.77. The molecule has 0 fully saturated rings. The Morgan fingerprint density at radius 2 is 1.65 bits per heavy atom. The molecule has 1 atom stereocenters. The molecule has 0 amide bonds. The molecule has 1 N–H and O–H groups in total. The molecule has 0 aromatic heterocycles. The summed E-state index contributed by atoms with van der Waals surface area (Å²) in [5, 5.41) is 10.6. The molecule has 5 nitrogen and oxygen atoms in total. The zero-order chi connectivity index (χ0) is 16.6. The topological polar surface area (TPSA) is 42.3 Å². The van der Waals surface area contributed by atoms with Crippen LogP contribution in [-0.2, 0) is 0 Å². The van der Waals surface area contributed by atoms with E-state index < -0.39 is 6.35 Å². The predicted molar refractivity (Wildman–Crippen MR) is 95.6 cm³/mol. The zero-order valence-corrected chi connectivity index (χ0v) is 13.9. The van der Waals surface area contributed by atoms with Crippen molar-refractivity contribution >= 4 is 22.9 Å². The normalized spacial score (nSPS) is 16.7. The van der Waals surface area contributed by atoms with Crippen molar-refractivity contribution in [1.29, 1.82) is 0 Å². The van der Waals surface area contributed by atoms with Crippen LogP contribution in [0.2, 0.25) is 0 Å². The summed E-state index contributed by atoms with van der Waals surface area (Å²) < 4.78 is 0. The summed E-state index contributed by atoms with van der Waals surface area (Å²) in [7, 11) is 7.89. The average molecular weight is 310 g/mol. The van der Waals surface area contributed by atoms with Crippen molar-refractivity contribution in [1.82, 2.24) is 4.90 Å². The number of anilines is 3. The molecule has 0 saturated carbocycles. The lowest BCUT2D eigenvalue weighted by atomic mass is 10.1. The molecule has 2 aromatic carbocycles. The van der Waals surface area contributed by atoms with Gasteiger partial charge in [-0.3, -0.25) is 4.90 Å². The van der Waals surface area contributed by atoms with E-state index in [1.165, 1.54) is 0 Å². The highest BCUT2D eigenvalue weighted by Crippen LogP contribution is 2.37. The van der Waals surface area contributed by atoms with Gasteiger partial charge in [0, 0.05) is 45.1 Å². The number of nitrogens with zero attached hydrogens (tertiary/aromatic N) is 4. The highest BCUT2D eigenvalue weighted by atomic mass is 16.3. The Morgan fingerprint density at radius 1 is 0.957 bits per heavy atom. The van der Waals surface area contributed by atoms with Gasteiger partial charge in [-0.2, -0.15) is 0 Å². The molecule has 1 heterocycles. The van der Waals surface area contributed by atoms with Crippen LogP contribution in [0.15, 0.2) is 53.5 Å². The van der Waals surface area contributed by atoms with Crippen LogP contribution in [0.3, 0.4) is 0 Å². The first-order valence-electron chi connectivity index (χ1n) is 7.58. The van der Waals surface area contributed by atoms with Crippen LogP contribution in [0.1, 0.15) is 5.56 Å². The first kappa shape index (κ1) is 15.4. The summed E-state index contributed by atoms with van der Waals surface area (Å²) in [4.78, 5) is 10.3. The molecular weight excluding hydrogens is 288 g/mol. The van der Waals surface area contributed by atoms with Gasteiger partial charge in [-0.25, -0.2) is 4.99 Å². The van der Waals surface area contributed by atoms with Gasteiger partial charge in [0.15, 0.2) is 0 Å². The van der Waals surface area contributed by atoms with Crippen molar-refractivity contribution in [3.63, 3.8) is 0 Å². The molecule has 0 radical (unpaired) electrons. The Balaban J connectivity index is 2.20. The van der Waals surface area contributed by atoms with Crippen molar-refractivity contribution in [3.8, 4) is 0 Å². The minimum atomic E-state index is -0.945. The van der Waals surface area contributed by atoms with E-state index in [1.54, 1.807) is 0 Å². The Kier molecular flexibility index (Phi) is 3.96. The number of aliphatic imine (C=N–C) groups is 1. The maximum Gasteiger partial charge on any atom is 0.231 e. The zero-order valence-electron chi connectivity index (χ0n) is 13.9. The Bertz CT molecular complexity index is 725. The van der Waals surface area contributed by atoms with Gasteiger partial charge >= 0.3 is 0 Å². The van der Waals surface area contributed by atoms with Gasteiger partial charge in [0.05, 0.1) is 5.69 Å². The lowest BCUT2D eigenvalue weighted by Gasteiger charge is -2.36. The van der Waals surface area contributed by atoms with Gasteiger partial charge in [-0.1, -0.05) is 18.2 Å². The van der Waals surface area contributed by atoms with Crippen molar-refractivity contribution in [2.75, 3.05) is 38.0 Å². The minimum absolute atomic E-state index is 0.782. The molecule has 0 saturated heterocycles. The molecule has 23 heavy (non-hydrogen) atoms. The molecule has 2 aromatic rings. The van der Waals surface area contributed by atoms with Crippen LogP contribution >= 0.6 is 0 Å². The molecule has 5 heteroatoms. The molecule has 0 spiro atoms. The second-order valence-corrected chi connectivity index (χ2v) is 5.99. The lowest BCUT2D eigenvalue weighted by Crippen LogP contribution is -2.39. The maximum absolute atomic E-state index is 10.6. The van der Waals surface area contributed by atoms with Crippen LogP contribution in [0.5, 0.6) is 0 Å². The summed E-state index contributed by atoms with van der Waals surface area (Å²) >= 11 is 0. The fourth-order valence-electron chi connectivity index (χ4n) is 2.77. The molecule has 1 aliphatic rings. The molecule has 0 aliphatic carbocycles. The summed E-state index contributed by atoms with van der Waals surface area (Å²) in [6.07, 6.45) is -0.945. The number of aliphatic hydroxyl groups is 1. The first-order valence-corrected chi connectivity index (χ1v) is 7.58. The van der Waals surface area contributed by atoms with E-state index in [9.17, 15) is 5.11 Å². The number of fused-ring (bicyclic) bond motifs is 1. The number of hydrogen-bond acceptors (Lipinski definition) is 5. The van der Waals surface area contributed by atoms with Crippen molar-refractivity contribution in [2.45, 2.75) is 6.35 Å². The standard InChI is InChI=1S/C18H22N4O/c1-20(2)14-10-11-15-16(12-14)22(13-8-6-5-7-9-13)18(23)19-17(15)21(3)4/h5-12,18,23H,1-4H3. The highest BCUT2D eigenvalue weighted by Gasteiger charge is 2.29. The summed E-state index contributed by atoms with van der Waals surface area (Å²) in [6, 6.07) is 16.1. The number of hydrogen-bond donors (Lipinski definition) is 1. The van der Waals surface area contributed by atoms with E-state index in [4.69, 9.17) is 0 Å². The number of benzene rings is 2. The van der Waals surface area contributed by atoms with Gasteiger partial charge in [0.1, 0.15) is 5.84 Å². The van der Waals surface area contributed by atoms with Gasteiger partial charge in [0.2, 0.25) is 6.35 Å². The van der Waals surface area contributed by atoms with Crippen LogP contribution in [0, 0.1) is 0 Å². The first-order chi connectivity index (χ1) is 11.0. The number of para-hydroxylation sites is 1. The van der Waals surface area contributed by atoms with Crippen LogP contribution in [0.4, 0.5) is 17.1 Å². The largest absolute Gasteiger partial charge is 0.378 e. The van der Waals surface area contributed by atoms with E-state index >= 15 is 0 Å². The van der Waals surface area contributed by atoms with E-state index in [1.807, 2.05) is 68.3 Å². The summed E-state index contributed by atoms with van der Waals surface area (Å²) in [5.74, 6) is 0.782. The van der Waals surface area contributed by atoms with E-state index in [-0.39, 0.29) is 0 Å². The number of aliphatic hydroxyl groups excluding tert-OH is 1. The minimum Gasteiger partial charge on any atom is -0.378 e. The Labute approximate surface area is 137 Å². The molecular formula is C18H22N4O. The third kappa shape index (κ3) is 2.75. The molecule has 0 bridgehead atoms. The number of rotatable bonds is 2. The van der Waals surface area contributed by atoms with E-state index in [0.717, 1.165) is 28.5 Å². The smallest absolute Gasteiger partial charge is 0.231 e. The Hall–Kier alpha value is -2.53. The van der Waals surface area contributed by atoms with E-state index in [2.05, 4.69) is 28.1 Å². The summed E-state index contributed by atoms with van der Waals surface area (Å²) in [5.41, 5.74) is 3.96. The van der Waals surface area contributed by atoms with Crippen molar-refractivity contribution < 1.29 is 5.11 Å². The van der Waals surface area contributed by atoms with Crippen molar-refractivity contribution in [2.24, 2.45) is 4.99 Å². The number of amidine groups is 1. The van der Waals surface area contributed by atoms with Gasteiger partial charge in [0.25, 0.3) is 0 Å². The molecule has 3 rings (SSSR count). The van der Waals surface area contributed by atoms with Gasteiger partial charge < -0.3 is 14.9 Å². The highest BCUT2D eigenvalue weighted by molar-refractivity contribution is 6.06. The summed E-state index contributed by atoms with van der Waals surface area (Å²) in [6.45, 7) is 0. The third-order valence-electron chi connectivity index (χ3n) is 3.92. The quantitative estimate of drug-likeness (QED) is 0.925. The molecule has 1 unspecified atom stereocenters. The monoisotopic (exact) mass is 310 g/mol. The van der Waals surface area contributed by atoms with Gasteiger partial charge in [-0.05, 0) is 30.3 Å². The van der Waals surface area contributed by atoms with Crippen molar-refractivity contribution in [3.05, 3.63) is 54.1 Å². The van der Waals surface area contributed by atoms with E-state index in [0.29, 0.717) is 0 Å². The second kappa shape index (κ2) is 5.93. The van der Waals surface area contributed by atoms with Crippen LogP contribution < -0.4 is 9.80 Å². The SMILES string of the molecule is CN(C)C1=NC(O)N(c2ccccc2)c2cc(N(C)C)ccc21. The fraction of sp³-hybridized carbons (Fsp3) is 0.278. The third-order valence-corrected chi connectivity index (χ3v) is 3.92. The second-order valence-electron chi connectivity index (χ2n) is 5.99. The van der Waals surface area contributed by atoms with Crippen LogP contribution in [-0.4, -0.2) is 50.4 Å². The molecule has 120 valence electrons. The predicted octanol–water partition coefficient (Wildman–Crippen LogP) is 2.49. The van der Waals surface area contributed by atoms with Crippen LogP contribution in [0.25, 0.3) is 0 Å². The Morgan fingerprint density at radius 3 is 2.26 bits per heavy atom. The average Bonchev–Trinajstić information content (AvgIpc) is 2.54.